The molecule has 0 bridgehead atoms. The van der Waals surface area contributed by atoms with Gasteiger partial charge in [-0.1, -0.05) is 66.7 Å². The third kappa shape index (κ3) is 3.61. The lowest BCUT2D eigenvalue weighted by molar-refractivity contribution is -0.132. The quantitative estimate of drug-likeness (QED) is 0.253. The highest BCUT2D eigenvalue weighted by atomic mass is 16.3. The molecule has 0 saturated carbocycles. The van der Waals surface area contributed by atoms with Crippen LogP contribution in [0.4, 0.5) is 11.4 Å². The smallest absolute Gasteiger partial charge is 0.300 e. The van der Waals surface area contributed by atoms with Crippen molar-refractivity contribution in [2.75, 3.05) is 23.9 Å². The van der Waals surface area contributed by atoms with E-state index in [1.165, 1.54) is 4.90 Å². The molecule has 168 valence electrons. The molecule has 1 heterocycles. The van der Waals surface area contributed by atoms with Crippen LogP contribution in [0.5, 0.6) is 0 Å². The molecule has 1 amide bonds. The predicted molar refractivity (Wildman–Crippen MR) is 136 cm³/mol. The molecule has 1 unspecified atom stereocenters. The molecular weight excluding hydrogens is 424 g/mol. The number of aliphatic hydroxyl groups excluding tert-OH is 1. The summed E-state index contributed by atoms with van der Waals surface area (Å²) in [7, 11) is 3.88. The number of fused-ring (bicyclic) bond motifs is 1. The number of amides is 1. The Labute approximate surface area is 198 Å². The third-order valence-corrected chi connectivity index (χ3v) is 6.23. The van der Waals surface area contributed by atoms with Gasteiger partial charge in [0.25, 0.3) is 11.7 Å². The minimum absolute atomic E-state index is 0.0863. The molecule has 1 fully saturated rings. The van der Waals surface area contributed by atoms with Gasteiger partial charge in [0, 0.05) is 31.0 Å². The second-order valence-corrected chi connectivity index (χ2v) is 8.55. The molecule has 0 aliphatic carbocycles. The topological polar surface area (TPSA) is 60.9 Å². The van der Waals surface area contributed by atoms with E-state index in [-0.39, 0.29) is 11.3 Å². The Morgan fingerprint density at radius 2 is 1.44 bits per heavy atom. The fraction of sp³-hybridized carbons (Fsp3) is 0.103. The van der Waals surface area contributed by atoms with Gasteiger partial charge in [-0.3, -0.25) is 14.5 Å². The maximum Gasteiger partial charge on any atom is 0.300 e. The Bertz CT molecular complexity index is 1420. The number of rotatable bonds is 4. The molecule has 0 radical (unpaired) electrons. The van der Waals surface area contributed by atoms with Crippen molar-refractivity contribution >= 4 is 39.6 Å². The largest absolute Gasteiger partial charge is 0.507 e. The molecule has 1 N–H and O–H groups in total. The summed E-state index contributed by atoms with van der Waals surface area (Å²) in [6.07, 6.45) is 0. The van der Waals surface area contributed by atoms with E-state index in [9.17, 15) is 14.7 Å². The highest BCUT2D eigenvalue weighted by Crippen LogP contribution is 2.42. The van der Waals surface area contributed by atoms with E-state index >= 15 is 0 Å². The average Bonchev–Trinajstić information content (AvgIpc) is 3.14. The van der Waals surface area contributed by atoms with Crippen LogP contribution in [0.2, 0.25) is 0 Å². The molecule has 0 aromatic heterocycles. The van der Waals surface area contributed by atoms with Crippen LogP contribution in [0.25, 0.3) is 16.5 Å². The molecule has 5 rings (SSSR count). The first-order valence-electron chi connectivity index (χ1n) is 11.1. The Hall–Kier alpha value is -4.38. The van der Waals surface area contributed by atoms with Crippen LogP contribution in [0.3, 0.4) is 0 Å². The molecule has 1 atom stereocenters. The van der Waals surface area contributed by atoms with Crippen molar-refractivity contribution in [2.45, 2.75) is 6.04 Å². The minimum atomic E-state index is -0.738. The molecular formula is C29H24N2O3. The van der Waals surface area contributed by atoms with E-state index in [1.54, 1.807) is 6.07 Å². The summed E-state index contributed by atoms with van der Waals surface area (Å²) in [5, 5.41) is 13.3. The number of hydrogen-bond acceptors (Lipinski definition) is 4. The van der Waals surface area contributed by atoms with Gasteiger partial charge in [0.2, 0.25) is 0 Å². The summed E-state index contributed by atoms with van der Waals surface area (Å²) in [6.45, 7) is 0. The highest BCUT2D eigenvalue weighted by molar-refractivity contribution is 6.51. The zero-order valence-electron chi connectivity index (χ0n) is 19.0. The molecule has 34 heavy (non-hydrogen) atoms. The summed E-state index contributed by atoms with van der Waals surface area (Å²) in [5.41, 5.74) is 2.91. The number of ketones is 1. The maximum absolute atomic E-state index is 13.3. The van der Waals surface area contributed by atoms with Crippen molar-refractivity contribution in [1.29, 1.82) is 0 Å². The van der Waals surface area contributed by atoms with Crippen molar-refractivity contribution in [3.05, 3.63) is 114 Å². The normalized spacial score (nSPS) is 17.4. The van der Waals surface area contributed by atoms with Gasteiger partial charge in [-0.15, -0.1) is 0 Å². The average molecular weight is 449 g/mol. The van der Waals surface area contributed by atoms with Crippen LogP contribution >= 0.6 is 0 Å². The van der Waals surface area contributed by atoms with Gasteiger partial charge in [0.15, 0.2) is 0 Å². The van der Waals surface area contributed by atoms with E-state index < -0.39 is 17.7 Å². The van der Waals surface area contributed by atoms with Gasteiger partial charge < -0.3 is 10.0 Å². The first-order valence-corrected chi connectivity index (χ1v) is 11.1. The number of nitrogens with zero attached hydrogens (tertiary/aromatic N) is 2. The second-order valence-electron chi connectivity index (χ2n) is 8.55. The summed E-state index contributed by atoms with van der Waals surface area (Å²) in [6, 6.07) is 29.4. The Balaban J connectivity index is 1.69. The van der Waals surface area contributed by atoms with E-state index in [0.29, 0.717) is 11.3 Å². The summed E-state index contributed by atoms with van der Waals surface area (Å²) >= 11 is 0. The highest BCUT2D eigenvalue weighted by Gasteiger charge is 2.46. The van der Waals surface area contributed by atoms with Crippen LogP contribution in [-0.2, 0) is 9.59 Å². The zero-order chi connectivity index (χ0) is 23.8. The van der Waals surface area contributed by atoms with Crippen LogP contribution in [0.15, 0.2) is 103 Å². The van der Waals surface area contributed by atoms with Crippen LogP contribution in [0.1, 0.15) is 17.2 Å². The number of Topliss-reactive ketones (excluding diaryl/α,β-unsaturated/α-hetero) is 1. The van der Waals surface area contributed by atoms with Gasteiger partial charge in [-0.25, -0.2) is 0 Å². The summed E-state index contributed by atoms with van der Waals surface area (Å²) in [4.78, 5) is 30.0. The van der Waals surface area contributed by atoms with E-state index in [1.807, 2.05) is 110 Å². The van der Waals surface area contributed by atoms with Gasteiger partial charge in [-0.05, 0) is 46.7 Å². The fourth-order valence-corrected chi connectivity index (χ4v) is 4.45. The lowest BCUT2D eigenvalue weighted by atomic mass is 9.94. The van der Waals surface area contributed by atoms with Crippen LogP contribution in [-0.4, -0.2) is 30.9 Å². The first-order chi connectivity index (χ1) is 16.5. The van der Waals surface area contributed by atoms with Crippen LogP contribution in [0, 0.1) is 0 Å². The van der Waals surface area contributed by atoms with Crippen molar-refractivity contribution in [2.24, 2.45) is 0 Å². The van der Waals surface area contributed by atoms with Crippen molar-refractivity contribution in [3.8, 4) is 0 Å². The molecule has 1 aliphatic rings. The lowest BCUT2D eigenvalue weighted by Crippen LogP contribution is -2.29. The second kappa shape index (κ2) is 8.52. The van der Waals surface area contributed by atoms with E-state index in [0.717, 1.165) is 22.0 Å². The Morgan fingerprint density at radius 3 is 2.12 bits per heavy atom. The molecule has 5 nitrogen and oxygen atoms in total. The van der Waals surface area contributed by atoms with Crippen molar-refractivity contribution in [1.82, 2.24) is 0 Å². The summed E-state index contributed by atoms with van der Waals surface area (Å²) in [5.74, 6) is -1.53. The van der Waals surface area contributed by atoms with Gasteiger partial charge >= 0.3 is 0 Å². The number of hydrogen-bond donors (Lipinski definition) is 1. The monoisotopic (exact) mass is 448 g/mol. The van der Waals surface area contributed by atoms with Crippen molar-refractivity contribution in [3.63, 3.8) is 0 Å². The molecule has 0 spiro atoms. The number of carbonyl (C=O) groups is 2. The van der Waals surface area contributed by atoms with Gasteiger partial charge in [-0.2, -0.15) is 0 Å². The zero-order valence-corrected chi connectivity index (χ0v) is 19.0. The van der Waals surface area contributed by atoms with E-state index in [2.05, 4.69) is 0 Å². The maximum atomic E-state index is 13.3. The minimum Gasteiger partial charge on any atom is -0.507 e. The third-order valence-electron chi connectivity index (χ3n) is 6.23. The predicted octanol–water partition coefficient (Wildman–Crippen LogP) is 5.53. The van der Waals surface area contributed by atoms with Gasteiger partial charge in [0.05, 0.1) is 11.6 Å². The number of anilines is 2. The number of benzene rings is 4. The standard InChI is InChI=1S/C29H24N2O3/c1-30(2)23-14-16-24(17-15-23)31-26(20-9-4-3-5-10-20)25(28(33)29(31)34)27(32)22-13-12-19-8-6-7-11-21(19)18-22/h3-18,26,32H,1-2H3/b27-25-. The first kappa shape index (κ1) is 21.5. The van der Waals surface area contributed by atoms with Crippen LogP contribution < -0.4 is 9.80 Å². The van der Waals surface area contributed by atoms with Gasteiger partial charge in [0.1, 0.15) is 5.76 Å². The molecule has 4 aromatic carbocycles. The number of carbonyl (C=O) groups excluding carboxylic acids is 2. The lowest BCUT2D eigenvalue weighted by Gasteiger charge is -2.26. The Morgan fingerprint density at radius 1 is 0.794 bits per heavy atom. The molecule has 1 aliphatic heterocycles. The SMILES string of the molecule is CN(C)c1ccc(N2C(=O)C(=O)/C(=C(\O)c3ccc4ccccc4c3)C2c2ccccc2)cc1. The van der Waals surface area contributed by atoms with Crippen molar-refractivity contribution < 1.29 is 14.7 Å². The Kier molecular flexibility index (Phi) is 5.38. The summed E-state index contributed by atoms with van der Waals surface area (Å²) < 4.78 is 0. The molecule has 4 aromatic rings. The van der Waals surface area contributed by atoms with E-state index in [4.69, 9.17) is 0 Å². The number of aliphatic hydroxyl groups is 1. The fourth-order valence-electron chi connectivity index (χ4n) is 4.45. The molecule has 1 saturated heterocycles. The molecule has 5 heteroatoms.